The Morgan fingerprint density at radius 2 is 1.27 bits per heavy atom. The molecule has 3 fully saturated rings. The molecule has 3 aromatic heterocycles. The molecule has 3 saturated heterocycles. The Bertz CT molecular complexity index is 3600. The van der Waals surface area contributed by atoms with Crippen molar-refractivity contribution in [2.45, 2.75) is 126 Å². The molecule has 2 bridgehead atoms. The zero-order chi connectivity index (χ0) is 58.1. The second-order valence-electron chi connectivity index (χ2n) is 20.5. The molecule has 0 saturated carbocycles. The normalized spacial score (nSPS) is 24.6. The zero-order valence-corrected chi connectivity index (χ0v) is 49.1. The molecule has 3 aliphatic heterocycles. The number of nitrogen functional groups attached to an aromatic ring is 1. The molecule has 20 nitrogen and oxygen atoms in total. The van der Waals surface area contributed by atoms with Gasteiger partial charge in [0.25, 0.3) is 5.56 Å². The first kappa shape index (κ1) is 60.0. The van der Waals surface area contributed by atoms with Gasteiger partial charge in [0.2, 0.25) is 0 Å². The van der Waals surface area contributed by atoms with Gasteiger partial charge in [0.15, 0.2) is 35.4 Å². The van der Waals surface area contributed by atoms with Crippen molar-refractivity contribution in [1.29, 1.82) is 0 Å². The van der Waals surface area contributed by atoms with E-state index in [0.717, 1.165) is 46.6 Å². The highest BCUT2D eigenvalue weighted by Crippen LogP contribution is 2.67. The van der Waals surface area contributed by atoms with E-state index in [2.05, 4.69) is 26.9 Å². The van der Waals surface area contributed by atoms with Crippen LogP contribution in [0.5, 0.6) is 5.75 Å². The monoisotopic (exact) mass is 1210 g/mol. The van der Waals surface area contributed by atoms with E-state index < -0.39 is 81.1 Å². The number of hydrogen-bond donors (Lipinski definition) is 2. The van der Waals surface area contributed by atoms with Gasteiger partial charge < -0.3 is 19.9 Å². The number of nitrogens with zero attached hydrogens (tertiary/aromatic N) is 5. The van der Waals surface area contributed by atoms with Gasteiger partial charge in [-0.2, -0.15) is 0 Å². The van der Waals surface area contributed by atoms with Crippen molar-refractivity contribution in [2.24, 2.45) is 0 Å². The maximum atomic E-state index is 17.2. The average Bonchev–Trinajstić information content (AvgIpc) is 4.00. The third-order valence-electron chi connectivity index (χ3n) is 14.5. The molecule has 0 spiro atoms. The summed E-state index contributed by atoms with van der Waals surface area (Å²) in [4.78, 5) is 67.4. The largest absolute Gasteiger partial charge is 0.494 e. The molecular formula is C58H64FN7O13P2S2. The summed E-state index contributed by atoms with van der Waals surface area (Å²) in [6.45, 7) is -5.53. The number of unbranched alkanes of at least 4 members (excludes halogenated alkanes) is 7. The Hall–Kier alpha value is -6.10. The minimum absolute atomic E-state index is 0.00206. The van der Waals surface area contributed by atoms with Crippen LogP contribution < -0.4 is 21.7 Å². The van der Waals surface area contributed by atoms with Crippen LogP contribution in [-0.2, 0) is 48.2 Å². The van der Waals surface area contributed by atoms with Crippen LogP contribution in [0, 0.1) is 6.92 Å². The summed E-state index contributed by atoms with van der Waals surface area (Å²) in [5.74, 6) is 0.403. The summed E-state index contributed by atoms with van der Waals surface area (Å²) in [7, 11) is 0. The van der Waals surface area contributed by atoms with E-state index in [-0.39, 0.29) is 35.3 Å². The number of ether oxygens (including phenoxy) is 3. The average molecular weight is 1210 g/mol. The summed E-state index contributed by atoms with van der Waals surface area (Å²) in [6, 6.07) is 28.7. The van der Waals surface area contributed by atoms with Gasteiger partial charge >= 0.3 is 19.3 Å². The number of rotatable bonds is 22. The Labute approximate surface area is 486 Å². The summed E-state index contributed by atoms with van der Waals surface area (Å²) in [5, 5.41) is 0. The van der Waals surface area contributed by atoms with Gasteiger partial charge in [-0.1, -0.05) is 130 Å². The van der Waals surface area contributed by atoms with Gasteiger partial charge in [-0.3, -0.25) is 46.6 Å². The molecule has 4 aromatic carbocycles. The number of H-pyrrole nitrogens is 1. The standard InChI is InChI=1S/C58H64FN7O13P2S2/c1-3-4-5-6-7-8-9-10-29-73-44-25-23-43(24-26-44)53(69)42-21-13-38(14-22-42)33-82-80(71)75-32-47-50(59)54(57(77-47)65-28-27-48(67)64-58(65)70)79-81(72,83-34-39-15-19-41(20-16-39)52(68)40-17-11-37(2)12-18-40)74-31-46-45(78-80)30-49(76-46)66-36-63-51-55(60)61-35-62-56(51)66/h11-28,35-36,45-47,49-50,54,57H,3-10,29-34H2,1-2H3,(H2,60,61,62)(H,64,67,70)/t45-,46+,47+,49+,50+,54+,57+,80?,81?/m0/s1. The van der Waals surface area contributed by atoms with Gasteiger partial charge in [0.05, 0.1) is 26.1 Å². The number of imidazole rings is 1. The third kappa shape index (κ3) is 14.9. The van der Waals surface area contributed by atoms with E-state index in [1.165, 1.54) is 51.2 Å². The lowest BCUT2D eigenvalue weighted by atomic mass is 10.0. The molecule has 3 N–H and O–H groups in total. The van der Waals surface area contributed by atoms with E-state index in [1.54, 1.807) is 89.5 Å². The highest BCUT2D eigenvalue weighted by atomic mass is 32.7. The number of carbonyl (C=O) groups excluding carboxylic acids is 2. The van der Waals surface area contributed by atoms with Crippen LogP contribution in [-0.4, -0.2) is 91.0 Å². The summed E-state index contributed by atoms with van der Waals surface area (Å²) in [5.41, 5.74) is 9.11. The molecule has 25 heteroatoms. The quantitative estimate of drug-likeness (QED) is 0.0363. The molecule has 438 valence electrons. The fourth-order valence-corrected chi connectivity index (χ4v) is 16.6. The number of carbonyl (C=O) groups is 2. The second-order valence-corrected chi connectivity index (χ2v) is 28.5. The zero-order valence-electron chi connectivity index (χ0n) is 45.7. The lowest BCUT2D eigenvalue weighted by molar-refractivity contribution is -0.0587. The van der Waals surface area contributed by atoms with Crippen LogP contribution in [0.2, 0.25) is 0 Å². The fraction of sp³-hybridized carbons (Fsp3) is 0.397. The van der Waals surface area contributed by atoms with Gasteiger partial charge in [-0.25, -0.2) is 33.3 Å². The van der Waals surface area contributed by atoms with Crippen molar-refractivity contribution in [3.8, 4) is 5.75 Å². The topological polar surface area (TPSA) is 257 Å². The molecule has 10 rings (SSSR count). The molecule has 3 aliphatic rings. The summed E-state index contributed by atoms with van der Waals surface area (Å²) in [6.07, 6.45) is 2.98. The molecule has 7 aromatic rings. The molecule has 0 radical (unpaired) electrons. The minimum atomic E-state index is -4.59. The van der Waals surface area contributed by atoms with Crippen LogP contribution in [0.4, 0.5) is 10.2 Å². The third-order valence-corrected chi connectivity index (χ3v) is 21.8. The first-order valence-corrected chi connectivity index (χ1v) is 33.8. The Morgan fingerprint density at radius 3 is 1.88 bits per heavy atom. The molecule has 0 amide bonds. The smallest absolute Gasteiger partial charge is 0.390 e. The number of anilines is 1. The van der Waals surface area contributed by atoms with Gasteiger partial charge in [0.1, 0.15) is 48.2 Å². The van der Waals surface area contributed by atoms with Crippen molar-refractivity contribution in [3.63, 3.8) is 0 Å². The number of fused-ring (bicyclic) bond motifs is 4. The van der Waals surface area contributed by atoms with Gasteiger partial charge in [-0.15, -0.1) is 0 Å². The van der Waals surface area contributed by atoms with Gasteiger partial charge in [0, 0.05) is 52.4 Å². The maximum Gasteiger partial charge on any atom is 0.390 e. The van der Waals surface area contributed by atoms with Crippen molar-refractivity contribution in [1.82, 2.24) is 29.1 Å². The Kier molecular flexibility index (Phi) is 19.7. The first-order valence-electron chi connectivity index (χ1n) is 27.6. The molecule has 0 aliphatic carbocycles. The lowest BCUT2D eigenvalue weighted by Crippen LogP contribution is -2.37. The first-order chi connectivity index (χ1) is 40.1. The maximum absolute atomic E-state index is 17.2. The van der Waals surface area contributed by atoms with Gasteiger partial charge in [-0.05, 0) is 71.5 Å². The summed E-state index contributed by atoms with van der Waals surface area (Å²) < 4.78 is 94.1. The minimum Gasteiger partial charge on any atom is -0.494 e. The van der Waals surface area contributed by atoms with Crippen molar-refractivity contribution >= 4 is 64.9 Å². The predicted octanol–water partition coefficient (Wildman–Crippen LogP) is 11.7. The Balaban J connectivity index is 0.881. The van der Waals surface area contributed by atoms with E-state index in [0.29, 0.717) is 68.3 Å². The number of aromatic amines is 1. The Morgan fingerprint density at radius 1 is 0.699 bits per heavy atom. The SMILES string of the molecule is CCCCCCCCCCOc1ccc(C(=O)c2ccc(CSP3(=O)OC[C@H]4O[C@@H](n5ccc(=O)[nH]c5=O)[C@H](OP(=O)(SCc5ccc(C(=O)c6ccc(C)cc6)cc5)OC[C@H]5O[C@@H](n6cnc7c(N)ncnc76)C[C@@H]5O3)[C@@H]4F)cc2)cc1. The highest BCUT2D eigenvalue weighted by molar-refractivity contribution is 8.55. The van der Waals surface area contributed by atoms with Crippen molar-refractivity contribution in [2.75, 3.05) is 25.6 Å². The number of halogens is 1. The lowest BCUT2D eigenvalue weighted by Gasteiger charge is -2.28. The molecule has 2 unspecified atom stereocenters. The van der Waals surface area contributed by atoms with Crippen molar-refractivity contribution < 1.29 is 55.4 Å². The van der Waals surface area contributed by atoms with Crippen molar-refractivity contribution in [3.05, 3.63) is 182 Å². The van der Waals surface area contributed by atoms with Crippen LogP contribution >= 0.6 is 36.4 Å². The molecule has 83 heavy (non-hydrogen) atoms. The number of ketones is 2. The molecule has 6 heterocycles. The second kappa shape index (κ2) is 27.3. The number of nitrogens with one attached hydrogen (secondary N) is 1. The fourth-order valence-electron chi connectivity index (χ4n) is 9.83. The number of aromatic nitrogens is 6. The van der Waals surface area contributed by atoms with E-state index in [4.69, 9.17) is 38.0 Å². The van der Waals surface area contributed by atoms with Crippen LogP contribution in [0.25, 0.3) is 11.2 Å². The van der Waals surface area contributed by atoms with Crippen LogP contribution in [0.3, 0.4) is 0 Å². The molecular weight excluding hydrogens is 1150 g/mol. The van der Waals surface area contributed by atoms with E-state index >= 15 is 13.5 Å². The number of nitrogens with two attached hydrogens (primary N) is 1. The van der Waals surface area contributed by atoms with Crippen LogP contribution in [0.15, 0.2) is 132 Å². The number of aryl methyl sites for hydroxylation is 1. The predicted molar refractivity (Wildman–Crippen MR) is 313 cm³/mol. The number of benzene rings is 4. The van der Waals surface area contributed by atoms with E-state index in [9.17, 15) is 19.2 Å². The number of hydrogen-bond acceptors (Lipinski definition) is 19. The molecule has 9 atom stereocenters. The summed E-state index contributed by atoms with van der Waals surface area (Å²) >= 11 is 1.51. The van der Waals surface area contributed by atoms with E-state index in [1.807, 2.05) is 19.1 Å². The van der Waals surface area contributed by atoms with Crippen LogP contribution in [0.1, 0.15) is 126 Å². The number of alkyl halides is 1. The highest BCUT2D eigenvalue weighted by Gasteiger charge is 2.53.